The molecule has 0 aliphatic heterocycles. The van der Waals surface area contributed by atoms with Gasteiger partial charge in [0, 0.05) is 4.47 Å². The van der Waals surface area contributed by atoms with Gasteiger partial charge in [0.15, 0.2) is 5.11 Å². The number of benzene rings is 1. The molecule has 0 saturated heterocycles. The van der Waals surface area contributed by atoms with Gasteiger partial charge in [0.05, 0.1) is 18.5 Å². The van der Waals surface area contributed by atoms with E-state index in [9.17, 15) is 0 Å². The van der Waals surface area contributed by atoms with Crippen molar-refractivity contribution in [1.29, 1.82) is 0 Å². The highest BCUT2D eigenvalue weighted by molar-refractivity contribution is 9.10. The molecular formula is C13H13BrN2OS. The monoisotopic (exact) mass is 324 g/mol. The highest BCUT2D eigenvalue weighted by Gasteiger charge is 2.03. The third-order valence-corrected chi connectivity index (χ3v) is 3.28. The Morgan fingerprint density at radius 3 is 2.89 bits per heavy atom. The maximum Gasteiger partial charge on any atom is 0.171 e. The number of anilines is 1. The van der Waals surface area contributed by atoms with Crippen molar-refractivity contribution >= 4 is 38.9 Å². The van der Waals surface area contributed by atoms with Crippen LogP contribution in [0.3, 0.4) is 0 Å². The third-order valence-electron chi connectivity index (χ3n) is 2.38. The number of aryl methyl sites for hydroxylation is 1. The van der Waals surface area contributed by atoms with Crippen molar-refractivity contribution < 1.29 is 4.42 Å². The molecule has 0 fully saturated rings. The quantitative estimate of drug-likeness (QED) is 0.841. The Labute approximate surface area is 120 Å². The number of halogens is 1. The van der Waals surface area contributed by atoms with Crippen LogP contribution in [0.1, 0.15) is 11.3 Å². The number of nitrogens with one attached hydrogen (secondary N) is 2. The fourth-order valence-electron chi connectivity index (χ4n) is 1.47. The van der Waals surface area contributed by atoms with Gasteiger partial charge in [-0.25, -0.2) is 0 Å². The Balaban J connectivity index is 1.91. The normalized spacial score (nSPS) is 10.1. The summed E-state index contributed by atoms with van der Waals surface area (Å²) in [5.74, 6) is 0.849. The molecule has 0 amide bonds. The molecule has 0 radical (unpaired) electrons. The van der Waals surface area contributed by atoms with E-state index in [1.165, 1.54) is 5.56 Å². The molecule has 0 aliphatic carbocycles. The molecule has 2 aromatic rings. The SMILES string of the molecule is Cc1ccc(NC(=S)NCc2ccco2)c(Br)c1. The number of furan rings is 1. The summed E-state index contributed by atoms with van der Waals surface area (Å²) < 4.78 is 6.20. The van der Waals surface area contributed by atoms with Gasteiger partial charge in [-0.1, -0.05) is 6.07 Å². The molecule has 5 heteroatoms. The van der Waals surface area contributed by atoms with E-state index in [2.05, 4.69) is 26.6 Å². The maximum absolute atomic E-state index is 5.22. The zero-order chi connectivity index (χ0) is 13.0. The molecular weight excluding hydrogens is 312 g/mol. The van der Waals surface area contributed by atoms with E-state index < -0.39 is 0 Å². The number of hydrogen-bond donors (Lipinski definition) is 2. The molecule has 0 atom stereocenters. The highest BCUT2D eigenvalue weighted by Crippen LogP contribution is 2.23. The highest BCUT2D eigenvalue weighted by atomic mass is 79.9. The van der Waals surface area contributed by atoms with Gasteiger partial charge in [-0.3, -0.25) is 0 Å². The van der Waals surface area contributed by atoms with Crippen LogP contribution in [0.2, 0.25) is 0 Å². The van der Waals surface area contributed by atoms with Gasteiger partial charge in [0.2, 0.25) is 0 Å². The Hall–Kier alpha value is -1.33. The average molecular weight is 325 g/mol. The number of hydrogen-bond acceptors (Lipinski definition) is 2. The summed E-state index contributed by atoms with van der Waals surface area (Å²) in [4.78, 5) is 0. The molecule has 2 rings (SSSR count). The summed E-state index contributed by atoms with van der Waals surface area (Å²) in [5, 5.41) is 6.78. The van der Waals surface area contributed by atoms with Crippen LogP contribution in [0.25, 0.3) is 0 Å². The van der Waals surface area contributed by atoms with Crippen LogP contribution < -0.4 is 10.6 Å². The van der Waals surface area contributed by atoms with E-state index in [0.29, 0.717) is 11.7 Å². The lowest BCUT2D eigenvalue weighted by atomic mass is 10.2. The molecule has 94 valence electrons. The van der Waals surface area contributed by atoms with Gasteiger partial charge in [-0.15, -0.1) is 0 Å². The van der Waals surface area contributed by atoms with E-state index in [0.717, 1.165) is 15.9 Å². The third kappa shape index (κ3) is 3.58. The van der Waals surface area contributed by atoms with Gasteiger partial charge in [0.1, 0.15) is 5.76 Å². The predicted molar refractivity (Wildman–Crippen MR) is 80.6 cm³/mol. The van der Waals surface area contributed by atoms with E-state index in [1.807, 2.05) is 37.3 Å². The summed E-state index contributed by atoms with van der Waals surface area (Å²) in [6.07, 6.45) is 1.64. The first-order valence-corrected chi connectivity index (χ1v) is 6.68. The minimum absolute atomic E-state index is 0.566. The minimum atomic E-state index is 0.566. The summed E-state index contributed by atoms with van der Waals surface area (Å²) >= 11 is 8.71. The molecule has 0 saturated carbocycles. The molecule has 1 aromatic carbocycles. The van der Waals surface area contributed by atoms with E-state index in [4.69, 9.17) is 16.6 Å². The number of rotatable bonds is 3. The zero-order valence-electron chi connectivity index (χ0n) is 9.87. The van der Waals surface area contributed by atoms with Crippen molar-refractivity contribution in [3.63, 3.8) is 0 Å². The molecule has 0 unspecified atom stereocenters. The molecule has 1 heterocycles. The predicted octanol–water partition coefficient (Wildman–Crippen LogP) is 3.84. The van der Waals surface area contributed by atoms with Gasteiger partial charge in [0.25, 0.3) is 0 Å². The standard InChI is InChI=1S/C13H13BrN2OS/c1-9-4-5-12(11(14)7-9)16-13(18)15-8-10-3-2-6-17-10/h2-7H,8H2,1H3,(H2,15,16,18). The first-order valence-electron chi connectivity index (χ1n) is 5.48. The first-order chi connectivity index (χ1) is 8.65. The summed E-state index contributed by atoms with van der Waals surface area (Å²) in [7, 11) is 0. The van der Waals surface area contributed by atoms with Crippen molar-refractivity contribution in [2.45, 2.75) is 13.5 Å². The fourth-order valence-corrected chi connectivity index (χ4v) is 2.24. The van der Waals surface area contributed by atoms with Crippen LogP contribution >= 0.6 is 28.1 Å². The van der Waals surface area contributed by atoms with Gasteiger partial charge in [-0.2, -0.15) is 0 Å². The second-order valence-electron chi connectivity index (χ2n) is 3.87. The smallest absolute Gasteiger partial charge is 0.171 e. The Morgan fingerprint density at radius 1 is 1.39 bits per heavy atom. The molecule has 3 nitrogen and oxygen atoms in total. The largest absolute Gasteiger partial charge is 0.467 e. The second-order valence-corrected chi connectivity index (χ2v) is 5.13. The Bertz CT molecular complexity index is 540. The summed E-state index contributed by atoms with van der Waals surface area (Å²) in [6.45, 7) is 2.62. The van der Waals surface area contributed by atoms with E-state index >= 15 is 0 Å². The van der Waals surface area contributed by atoms with Crippen molar-refractivity contribution in [2.75, 3.05) is 5.32 Å². The van der Waals surface area contributed by atoms with Gasteiger partial charge < -0.3 is 15.1 Å². The van der Waals surface area contributed by atoms with Crippen molar-refractivity contribution in [3.05, 3.63) is 52.4 Å². The average Bonchev–Trinajstić information content (AvgIpc) is 2.83. The molecule has 0 aliphatic rings. The summed E-state index contributed by atoms with van der Waals surface area (Å²) in [5.41, 5.74) is 2.14. The van der Waals surface area contributed by atoms with Crippen LogP contribution in [0.4, 0.5) is 5.69 Å². The fraction of sp³-hybridized carbons (Fsp3) is 0.154. The van der Waals surface area contributed by atoms with Gasteiger partial charge in [-0.05, 0) is 64.9 Å². The van der Waals surface area contributed by atoms with Crippen molar-refractivity contribution in [2.24, 2.45) is 0 Å². The lowest BCUT2D eigenvalue weighted by Crippen LogP contribution is -2.27. The van der Waals surface area contributed by atoms with Crippen LogP contribution in [0.5, 0.6) is 0 Å². The van der Waals surface area contributed by atoms with Crippen LogP contribution in [-0.2, 0) is 6.54 Å². The molecule has 1 aromatic heterocycles. The van der Waals surface area contributed by atoms with Crippen molar-refractivity contribution in [3.8, 4) is 0 Å². The van der Waals surface area contributed by atoms with Crippen molar-refractivity contribution in [1.82, 2.24) is 5.32 Å². The van der Waals surface area contributed by atoms with E-state index in [1.54, 1.807) is 6.26 Å². The Morgan fingerprint density at radius 2 is 2.22 bits per heavy atom. The van der Waals surface area contributed by atoms with E-state index in [-0.39, 0.29) is 0 Å². The topological polar surface area (TPSA) is 37.2 Å². The number of thiocarbonyl (C=S) groups is 1. The Kier molecular flexibility index (Phi) is 4.38. The lowest BCUT2D eigenvalue weighted by molar-refractivity contribution is 0.503. The van der Waals surface area contributed by atoms with Crippen LogP contribution in [-0.4, -0.2) is 5.11 Å². The zero-order valence-corrected chi connectivity index (χ0v) is 12.3. The summed E-state index contributed by atoms with van der Waals surface area (Å²) in [6, 6.07) is 9.81. The van der Waals surface area contributed by atoms with Crippen LogP contribution in [0.15, 0.2) is 45.5 Å². The minimum Gasteiger partial charge on any atom is -0.467 e. The molecule has 0 spiro atoms. The molecule has 18 heavy (non-hydrogen) atoms. The van der Waals surface area contributed by atoms with Gasteiger partial charge >= 0.3 is 0 Å². The van der Waals surface area contributed by atoms with Crippen LogP contribution in [0, 0.1) is 6.92 Å². The second kappa shape index (κ2) is 6.02. The molecule has 0 bridgehead atoms. The first kappa shape index (κ1) is 13.1. The lowest BCUT2D eigenvalue weighted by Gasteiger charge is -2.11. The molecule has 2 N–H and O–H groups in total. The maximum atomic E-state index is 5.22.